The van der Waals surface area contributed by atoms with Crippen molar-refractivity contribution in [3.8, 4) is 11.4 Å². The molecule has 3 rings (SSSR count). The molecule has 0 atom stereocenters. The normalized spacial score (nSPS) is 12.2. The van der Waals surface area contributed by atoms with Crippen LogP contribution >= 0.6 is 0 Å². The van der Waals surface area contributed by atoms with E-state index in [-0.39, 0.29) is 22.3 Å². The summed E-state index contributed by atoms with van der Waals surface area (Å²) in [7, 11) is -4.42. The lowest BCUT2D eigenvalue weighted by molar-refractivity contribution is 0.455. The number of fused-ring (bicyclic) bond motifs is 1. The van der Waals surface area contributed by atoms with E-state index in [4.69, 9.17) is 0 Å². The number of nitrogens with zero attached hydrogens (tertiary/aromatic N) is 3. The van der Waals surface area contributed by atoms with Crippen LogP contribution in [0.2, 0.25) is 0 Å². The van der Waals surface area contributed by atoms with Crippen LogP contribution in [0, 0.1) is 0 Å². The van der Waals surface area contributed by atoms with E-state index in [9.17, 15) is 18.1 Å². The van der Waals surface area contributed by atoms with Gasteiger partial charge in [-0.1, -0.05) is 26.0 Å². The van der Waals surface area contributed by atoms with Gasteiger partial charge in [0.05, 0.1) is 4.90 Å². The molecule has 0 aliphatic rings. The average Bonchev–Trinajstić information content (AvgIpc) is 2.89. The molecule has 0 saturated heterocycles. The fourth-order valence-corrected chi connectivity index (χ4v) is 2.86. The molecule has 3 aromatic rings. The maximum atomic E-state index is 11.5. The summed E-state index contributed by atoms with van der Waals surface area (Å²) in [5.74, 6) is -0.270. The van der Waals surface area contributed by atoms with Crippen LogP contribution in [0.25, 0.3) is 16.7 Å². The Morgan fingerprint density at radius 2 is 1.65 bits per heavy atom. The van der Waals surface area contributed by atoms with E-state index >= 15 is 0 Å². The highest BCUT2D eigenvalue weighted by Gasteiger charge is 2.21. The standard InChI is InChI=1S/C15H15N3O4S/c1-9(2)11-7-10(23(20,21)22)8-14(15(11)19)18-16-12-5-3-4-6-13(12)17-18/h3-9,19H,1-2H3,(H,20,21,22). The summed E-state index contributed by atoms with van der Waals surface area (Å²) in [4.78, 5) is 0.857. The lowest BCUT2D eigenvalue weighted by Gasteiger charge is -2.13. The molecule has 23 heavy (non-hydrogen) atoms. The van der Waals surface area contributed by atoms with Gasteiger partial charge in [0.1, 0.15) is 22.5 Å². The minimum atomic E-state index is -4.42. The van der Waals surface area contributed by atoms with Gasteiger partial charge in [-0.2, -0.15) is 8.42 Å². The van der Waals surface area contributed by atoms with Gasteiger partial charge in [0.15, 0.2) is 0 Å². The van der Waals surface area contributed by atoms with Crippen molar-refractivity contribution in [1.82, 2.24) is 15.0 Å². The summed E-state index contributed by atoms with van der Waals surface area (Å²) >= 11 is 0. The van der Waals surface area contributed by atoms with Crippen molar-refractivity contribution in [2.24, 2.45) is 0 Å². The average molecular weight is 333 g/mol. The zero-order valence-electron chi connectivity index (χ0n) is 12.5. The molecule has 2 aromatic carbocycles. The molecule has 0 radical (unpaired) electrons. The Kier molecular flexibility index (Phi) is 3.57. The van der Waals surface area contributed by atoms with E-state index in [1.807, 2.05) is 0 Å². The zero-order chi connectivity index (χ0) is 16.8. The quantitative estimate of drug-likeness (QED) is 0.713. The number of aromatic hydroxyl groups is 1. The van der Waals surface area contributed by atoms with E-state index < -0.39 is 10.1 Å². The maximum Gasteiger partial charge on any atom is 0.294 e. The van der Waals surface area contributed by atoms with Gasteiger partial charge >= 0.3 is 0 Å². The van der Waals surface area contributed by atoms with E-state index in [1.54, 1.807) is 38.1 Å². The van der Waals surface area contributed by atoms with Gasteiger partial charge in [0.25, 0.3) is 10.1 Å². The first-order chi connectivity index (χ1) is 10.8. The Balaban J connectivity index is 2.31. The minimum absolute atomic E-state index is 0.0972. The van der Waals surface area contributed by atoms with E-state index in [0.29, 0.717) is 16.6 Å². The van der Waals surface area contributed by atoms with Crippen LogP contribution < -0.4 is 0 Å². The first-order valence-electron chi connectivity index (χ1n) is 6.94. The SMILES string of the molecule is CC(C)c1cc(S(=O)(=O)O)cc(-n2nc3ccccc3n2)c1O. The number of aromatic nitrogens is 3. The van der Waals surface area contributed by atoms with E-state index in [0.717, 1.165) is 6.07 Å². The first-order valence-corrected chi connectivity index (χ1v) is 8.38. The highest BCUT2D eigenvalue weighted by molar-refractivity contribution is 7.85. The summed E-state index contributed by atoms with van der Waals surface area (Å²) in [6.45, 7) is 3.61. The Morgan fingerprint density at radius 3 is 2.13 bits per heavy atom. The van der Waals surface area contributed by atoms with Crippen molar-refractivity contribution in [2.75, 3.05) is 0 Å². The molecule has 2 N–H and O–H groups in total. The molecular weight excluding hydrogens is 318 g/mol. The molecule has 0 amide bonds. The van der Waals surface area contributed by atoms with Gasteiger partial charge < -0.3 is 5.11 Å². The summed E-state index contributed by atoms with van der Waals surface area (Å²) in [5.41, 5.74) is 1.70. The molecule has 1 aromatic heterocycles. The third-order valence-electron chi connectivity index (χ3n) is 3.51. The molecule has 0 aliphatic carbocycles. The Labute approximate surface area is 132 Å². The van der Waals surface area contributed by atoms with Crippen LogP contribution in [0.5, 0.6) is 5.75 Å². The second kappa shape index (κ2) is 5.32. The molecular formula is C15H15N3O4S. The van der Waals surface area contributed by atoms with Crippen molar-refractivity contribution in [3.05, 3.63) is 42.0 Å². The smallest absolute Gasteiger partial charge is 0.294 e. The van der Waals surface area contributed by atoms with Crippen LogP contribution in [0.4, 0.5) is 0 Å². The topological polar surface area (TPSA) is 105 Å². The second-order valence-electron chi connectivity index (χ2n) is 5.49. The third kappa shape index (κ3) is 2.78. The molecule has 8 heteroatoms. The summed E-state index contributed by atoms with van der Waals surface area (Å²) < 4.78 is 32.3. The van der Waals surface area contributed by atoms with Crippen molar-refractivity contribution >= 4 is 21.2 Å². The predicted octanol–water partition coefficient (Wildman–Crippen LogP) is 2.50. The van der Waals surface area contributed by atoms with Crippen molar-refractivity contribution < 1.29 is 18.1 Å². The van der Waals surface area contributed by atoms with Gasteiger partial charge in [-0.15, -0.1) is 15.0 Å². The van der Waals surface area contributed by atoms with E-state index in [1.165, 1.54) is 10.9 Å². The van der Waals surface area contributed by atoms with Gasteiger partial charge in [-0.3, -0.25) is 4.55 Å². The first kappa shape index (κ1) is 15.4. The van der Waals surface area contributed by atoms with Crippen LogP contribution in [-0.2, 0) is 10.1 Å². The molecule has 0 bridgehead atoms. The van der Waals surface area contributed by atoms with Gasteiger partial charge in [0, 0.05) is 5.56 Å². The zero-order valence-corrected chi connectivity index (χ0v) is 13.3. The molecule has 0 aliphatic heterocycles. The Morgan fingerprint density at radius 1 is 1.09 bits per heavy atom. The Bertz CT molecular complexity index is 960. The molecule has 0 saturated carbocycles. The molecule has 7 nitrogen and oxygen atoms in total. The number of rotatable bonds is 3. The highest BCUT2D eigenvalue weighted by Crippen LogP contribution is 2.34. The maximum absolute atomic E-state index is 11.5. The van der Waals surface area contributed by atoms with Gasteiger partial charge in [-0.05, 0) is 30.2 Å². The molecule has 0 spiro atoms. The number of hydrogen-bond acceptors (Lipinski definition) is 5. The molecule has 1 heterocycles. The van der Waals surface area contributed by atoms with Gasteiger partial charge in [-0.25, -0.2) is 0 Å². The summed E-state index contributed by atoms with van der Waals surface area (Å²) in [5, 5.41) is 18.9. The number of benzene rings is 2. The van der Waals surface area contributed by atoms with Crippen LogP contribution in [0.15, 0.2) is 41.3 Å². The number of phenolic OH excluding ortho intramolecular Hbond substituents is 1. The fraction of sp³-hybridized carbons (Fsp3) is 0.200. The largest absolute Gasteiger partial charge is 0.505 e. The van der Waals surface area contributed by atoms with Crippen LogP contribution in [0.1, 0.15) is 25.3 Å². The number of phenols is 1. The minimum Gasteiger partial charge on any atom is -0.505 e. The van der Waals surface area contributed by atoms with Gasteiger partial charge in [0.2, 0.25) is 0 Å². The second-order valence-corrected chi connectivity index (χ2v) is 6.91. The fourth-order valence-electron chi connectivity index (χ4n) is 2.32. The van der Waals surface area contributed by atoms with Crippen molar-refractivity contribution in [1.29, 1.82) is 0 Å². The monoisotopic (exact) mass is 333 g/mol. The lowest BCUT2D eigenvalue weighted by atomic mass is 10.0. The van der Waals surface area contributed by atoms with Crippen molar-refractivity contribution in [2.45, 2.75) is 24.7 Å². The third-order valence-corrected chi connectivity index (χ3v) is 4.35. The highest BCUT2D eigenvalue weighted by atomic mass is 32.2. The predicted molar refractivity (Wildman–Crippen MR) is 84.4 cm³/mol. The van der Waals surface area contributed by atoms with Crippen LogP contribution in [0.3, 0.4) is 0 Å². The molecule has 120 valence electrons. The number of hydrogen-bond donors (Lipinski definition) is 2. The molecule has 0 fully saturated rings. The van der Waals surface area contributed by atoms with E-state index in [2.05, 4.69) is 10.2 Å². The Hall–Kier alpha value is -2.45. The lowest BCUT2D eigenvalue weighted by Crippen LogP contribution is -2.06. The van der Waals surface area contributed by atoms with Crippen LogP contribution in [-0.4, -0.2) is 33.1 Å². The summed E-state index contributed by atoms with van der Waals surface area (Å²) in [6, 6.07) is 9.51. The summed E-state index contributed by atoms with van der Waals surface area (Å²) in [6.07, 6.45) is 0. The van der Waals surface area contributed by atoms with Crippen molar-refractivity contribution in [3.63, 3.8) is 0 Å². The molecule has 0 unspecified atom stereocenters.